The SMILES string of the molecule is O=Cc1cc(C(F)(F)F)cnc1N1CCCC1. The Morgan fingerprint density at radius 3 is 2.47 bits per heavy atom. The van der Waals surface area contributed by atoms with Gasteiger partial charge in [-0.3, -0.25) is 4.79 Å². The van der Waals surface area contributed by atoms with Crippen LogP contribution in [0.25, 0.3) is 0 Å². The van der Waals surface area contributed by atoms with Gasteiger partial charge in [0.25, 0.3) is 0 Å². The molecule has 0 unspecified atom stereocenters. The molecule has 0 aliphatic carbocycles. The highest BCUT2D eigenvalue weighted by atomic mass is 19.4. The summed E-state index contributed by atoms with van der Waals surface area (Å²) in [6.07, 6.45) is -1.31. The molecule has 0 spiro atoms. The summed E-state index contributed by atoms with van der Waals surface area (Å²) in [5.74, 6) is 0.352. The first kappa shape index (κ1) is 11.9. The van der Waals surface area contributed by atoms with Crippen molar-refractivity contribution in [2.45, 2.75) is 19.0 Å². The van der Waals surface area contributed by atoms with Crippen molar-refractivity contribution in [2.75, 3.05) is 18.0 Å². The second-order valence-electron chi connectivity index (χ2n) is 3.95. The Bertz CT molecular complexity index is 425. The Kier molecular flexibility index (Phi) is 3.04. The van der Waals surface area contributed by atoms with Crippen molar-refractivity contribution < 1.29 is 18.0 Å². The molecule has 1 aromatic heterocycles. The summed E-state index contributed by atoms with van der Waals surface area (Å²) in [6, 6.07) is 0.855. The molecular weight excluding hydrogens is 233 g/mol. The van der Waals surface area contributed by atoms with E-state index in [0.717, 1.165) is 38.2 Å². The average Bonchev–Trinajstić information content (AvgIpc) is 2.80. The number of halogens is 3. The van der Waals surface area contributed by atoms with Crippen LogP contribution in [-0.4, -0.2) is 24.4 Å². The van der Waals surface area contributed by atoms with Gasteiger partial charge in [0.2, 0.25) is 0 Å². The third-order valence-corrected chi connectivity index (χ3v) is 2.76. The van der Waals surface area contributed by atoms with E-state index in [1.807, 2.05) is 4.90 Å². The van der Waals surface area contributed by atoms with Crippen molar-refractivity contribution >= 4 is 12.1 Å². The van der Waals surface area contributed by atoms with Crippen LogP contribution in [0.5, 0.6) is 0 Å². The fourth-order valence-electron chi connectivity index (χ4n) is 1.91. The Hall–Kier alpha value is -1.59. The van der Waals surface area contributed by atoms with E-state index in [1.165, 1.54) is 0 Å². The molecule has 0 radical (unpaired) electrons. The lowest BCUT2D eigenvalue weighted by molar-refractivity contribution is -0.137. The van der Waals surface area contributed by atoms with Crippen molar-refractivity contribution in [2.24, 2.45) is 0 Å². The van der Waals surface area contributed by atoms with Crippen molar-refractivity contribution in [1.29, 1.82) is 0 Å². The second kappa shape index (κ2) is 4.35. The summed E-state index contributed by atoms with van der Waals surface area (Å²) in [5, 5.41) is 0. The van der Waals surface area contributed by atoms with Crippen molar-refractivity contribution in [3.8, 4) is 0 Å². The van der Waals surface area contributed by atoms with Gasteiger partial charge in [-0.1, -0.05) is 0 Å². The number of rotatable bonds is 2. The number of nitrogens with zero attached hydrogens (tertiary/aromatic N) is 2. The number of aromatic nitrogens is 1. The van der Waals surface area contributed by atoms with E-state index in [-0.39, 0.29) is 5.56 Å². The van der Waals surface area contributed by atoms with Crippen LogP contribution in [-0.2, 0) is 6.18 Å². The quantitative estimate of drug-likeness (QED) is 0.749. The molecule has 17 heavy (non-hydrogen) atoms. The van der Waals surface area contributed by atoms with Crippen LogP contribution in [0.15, 0.2) is 12.3 Å². The van der Waals surface area contributed by atoms with E-state index in [4.69, 9.17) is 0 Å². The van der Waals surface area contributed by atoms with E-state index in [1.54, 1.807) is 0 Å². The van der Waals surface area contributed by atoms with E-state index in [0.29, 0.717) is 12.1 Å². The predicted octanol–water partition coefficient (Wildman–Crippen LogP) is 2.51. The normalized spacial score (nSPS) is 16.3. The van der Waals surface area contributed by atoms with Gasteiger partial charge < -0.3 is 4.90 Å². The largest absolute Gasteiger partial charge is 0.417 e. The number of anilines is 1. The van der Waals surface area contributed by atoms with Crippen molar-refractivity contribution in [1.82, 2.24) is 4.98 Å². The number of pyridine rings is 1. The van der Waals surface area contributed by atoms with Gasteiger partial charge in [-0.2, -0.15) is 13.2 Å². The topological polar surface area (TPSA) is 33.2 Å². The molecule has 0 amide bonds. The Morgan fingerprint density at radius 1 is 1.29 bits per heavy atom. The molecule has 2 rings (SSSR count). The zero-order chi connectivity index (χ0) is 12.5. The monoisotopic (exact) mass is 244 g/mol. The number of hydrogen-bond donors (Lipinski definition) is 0. The van der Waals surface area contributed by atoms with Crippen molar-refractivity contribution in [3.05, 3.63) is 23.4 Å². The Labute approximate surface area is 96.3 Å². The summed E-state index contributed by atoms with van der Waals surface area (Å²) >= 11 is 0. The molecule has 1 aliphatic rings. The lowest BCUT2D eigenvalue weighted by atomic mass is 10.2. The minimum absolute atomic E-state index is 0.00160. The molecule has 0 bridgehead atoms. The number of aldehydes is 1. The third-order valence-electron chi connectivity index (χ3n) is 2.76. The van der Waals surface area contributed by atoms with Gasteiger partial charge in [-0.15, -0.1) is 0 Å². The summed E-state index contributed by atoms with van der Waals surface area (Å²) in [4.78, 5) is 16.4. The molecule has 0 N–H and O–H groups in total. The van der Waals surface area contributed by atoms with Crippen LogP contribution in [0.4, 0.5) is 19.0 Å². The van der Waals surface area contributed by atoms with E-state index >= 15 is 0 Å². The van der Waals surface area contributed by atoms with Gasteiger partial charge in [-0.05, 0) is 18.9 Å². The minimum Gasteiger partial charge on any atom is -0.356 e. The number of carbonyl (C=O) groups is 1. The molecule has 3 nitrogen and oxygen atoms in total. The fraction of sp³-hybridized carbons (Fsp3) is 0.455. The Morgan fingerprint density at radius 2 is 1.94 bits per heavy atom. The van der Waals surface area contributed by atoms with Crippen LogP contribution >= 0.6 is 0 Å². The first-order valence-electron chi connectivity index (χ1n) is 5.30. The standard InChI is InChI=1S/C11H11F3N2O/c12-11(13,14)9-5-8(7-17)10(15-6-9)16-3-1-2-4-16/h5-7H,1-4H2. The summed E-state index contributed by atoms with van der Waals surface area (Å²) in [7, 11) is 0. The lowest BCUT2D eigenvalue weighted by Gasteiger charge is -2.18. The van der Waals surface area contributed by atoms with Crippen LogP contribution < -0.4 is 4.90 Å². The molecule has 0 saturated carbocycles. The molecule has 0 aromatic carbocycles. The smallest absolute Gasteiger partial charge is 0.356 e. The zero-order valence-electron chi connectivity index (χ0n) is 9.00. The summed E-state index contributed by atoms with van der Waals surface area (Å²) in [5.41, 5.74) is -0.885. The van der Waals surface area contributed by atoms with Crippen LogP contribution in [0, 0.1) is 0 Å². The van der Waals surface area contributed by atoms with Crippen molar-refractivity contribution in [3.63, 3.8) is 0 Å². The predicted molar refractivity (Wildman–Crippen MR) is 56.1 cm³/mol. The molecular formula is C11H11F3N2O. The maximum absolute atomic E-state index is 12.4. The van der Waals surface area contributed by atoms with E-state index < -0.39 is 11.7 Å². The first-order chi connectivity index (χ1) is 8.02. The van der Waals surface area contributed by atoms with Gasteiger partial charge in [-0.25, -0.2) is 4.98 Å². The third kappa shape index (κ3) is 2.40. The van der Waals surface area contributed by atoms with Crippen LogP contribution in [0.2, 0.25) is 0 Å². The molecule has 0 atom stereocenters. The molecule has 1 aromatic rings. The molecule has 92 valence electrons. The molecule has 1 saturated heterocycles. The highest BCUT2D eigenvalue weighted by Crippen LogP contribution is 2.31. The minimum atomic E-state index is -4.46. The zero-order valence-corrected chi connectivity index (χ0v) is 9.00. The number of hydrogen-bond acceptors (Lipinski definition) is 3. The summed E-state index contributed by atoms with van der Waals surface area (Å²) in [6.45, 7) is 1.47. The fourth-order valence-corrected chi connectivity index (χ4v) is 1.91. The maximum atomic E-state index is 12.4. The second-order valence-corrected chi connectivity index (χ2v) is 3.95. The first-order valence-corrected chi connectivity index (χ1v) is 5.30. The number of carbonyl (C=O) groups excluding carboxylic acids is 1. The van der Waals surface area contributed by atoms with Crippen LogP contribution in [0.3, 0.4) is 0 Å². The van der Waals surface area contributed by atoms with E-state index in [9.17, 15) is 18.0 Å². The highest BCUT2D eigenvalue weighted by Gasteiger charge is 2.32. The van der Waals surface area contributed by atoms with Gasteiger partial charge in [0.05, 0.1) is 11.1 Å². The van der Waals surface area contributed by atoms with Gasteiger partial charge in [0.15, 0.2) is 6.29 Å². The summed E-state index contributed by atoms with van der Waals surface area (Å²) < 4.78 is 37.3. The molecule has 6 heteroatoms. The Balaban J connectivity index is 2.38. The van der Waals surface area contributed by atoms with Gasteiger partial charge in [0, 0.05) is 19.3 Å². The average molecular weight is 244 g/mol. The molecule has 2 heterocycles. The van der Waals surface area contributed by atoms with E-state index in [2.05, 4.69) is 4.98 Å². The lowest BCUT2D eigenvalue weighted by Crippen LogP contribution is -2.21. The molecule has 1 aliphatic heterocycles. The highest BCUT2D eigenvalue weighted by molar-refractivity contribution is 5.83. The number of alkyl halides is 3. The van der Waals surface area contributed by atoms with Gasteiger partial charge in [0.1, 0.15) is 5.82 Å². The van der Waals surface area contributed by atoms with Crippen LogP contribution in [0.1, 0.15) is 28.8 Å². The van der Waals surface area contributed by atoms with Gasteiger partial charge >= 0.3 is 6.18 Å². The maximum Gasteiger partial charge on any atom is 0.417 e. The molecule has 1 fully saturated rings.